The van der Waals surface area contributed by atoms with E-state index in [1.807, 2.05) is 18.2 Å². The number of nitrogens with two attached hydrogens (primary N) is 1. The molecule has 4 nitrogen and oxygen atoms in total. The standard InChI is InChI=1S/C16H25NO3/c1-11(2)8-12(3)20-10-14(17)13-4-5-15-16(9-13)19-7-6-18-15/h4-5,9,11-12,14H,6-8,10,17H2,1-3H3. The lowest BCUT2D eigenvalue weighted by Gasteiger charge is -2.22. The van der Waals surface area contributed by atoms with Gasteiger partial charge in [0.25, 0.3) is 0 Å². The highest BCUT2D eigenvalue weighted by molar-refractivity contribution is 5.44. The van der Waals surface area contributed by atoms with E-state index in [0.717, 1.165) is 23.5 Å². The van der Waals surface area contributed by atoms with Crippen LogP contribution >= 0.6 is 0 Å². The Balaban J connectivity index is 1.90. The summed E-state index contributed by atoms with van der Waals surface area (Å²) < 4.78 is 16.9. The van der Waals surface area contributed by atoms with E-state index < -0.39 is 0 Å². The third kappa shape index (κ3) is 4.12. The molecule has 0 saturated carbocycles. The van der Waals surface area contributed by atoms with Crippen LogP contribution in [0.25, 0.3) is 0 Å². The Kier molecular flexibility index (Phi) is 5.26. The monoisotopic (exact) mass is 279 g/mol. The van der Waals surface area contributed by atoms with Gasteiger partial charge in [-0.05, 0) is 37.0 Å². The van der Waals surface area contributed by atoms with Crippen molar-refractivity contribution in [2.24, 2.45) is 11.7 Å². The molecule has 0 amide bonds. The molecule has 1 aromatic rings. The summed E-state index contributed by atoms with van der Waals surface area (Å²) in [5.41, 5.74) is 7.21. The van der Waals surface area contributed by atoms with Crippen molar-refractivity contribution in [3.05, 3.63) is 23.8 Å². The highest BCUT2D eigenvalue weighted by Crippen LogP contribution is 2.32. The van der Waals surface area contributed by atoms with Crippen LogP contribution in [-0.4, -0.2) is 25.9 Å². The Labute approximate surface area is 121 Å². The number of rotatable bonds is 6. The minimum absolute atomic E-state index is 0.138. The highest BCUT2D eigenvalue weighted by atomic mass is 16.6. The van der Waals surface area contributed by atoms with Crippen molar-refractivity contribution in [3.8, 4) is 11.5 Å². The smallest absolute Gasteiger partial charge is 0.161 e. The summed E-state index contributed by atoms with van der Waals surface area (Å²) >= 11 is 0. The molecule has 2 N–H and O–H groups in total. The van der Waals surface area contributed by atoms with Crippen molar-refractivity contribution in [2.45, 2.75) is 39.3 Å². The summed E-state index contributed by atoms with van der Waals surface area (Å²) in [4.78, 5) is 0. The zero-order valence-corrected chi connectivity index (χ0v) is 12.6. The second-order valence-electron chi connectivity index (χ2n) is 5.78. The van der Waals surface area contributed by atoms with E-state index in [2.05, 4.69) is 20.8 Å². The van der Waals surface area contributed by atoms with Gasteiger partial charge in [-0.25, -0.2) is 0 Å². The second-order valence-corrected chi connectivity index (χ2v) is 5.78. The van der Waals surface area contributed by atoms with Crippen LogP contribution in [0, 0.1) is 5.92 Å². The molecule has 2 atom stereocenters. The van der Waals surface area contributed by atoms with Crippen molar-refractivity contribution in [1.82, 2.24) is 0 Å². The maximum Gasteiger partial charge on any atom is 0.161 e. The van der Waals surface area contributed by atoms with E-state index in [4.69, 9.17) is 19.9 Å². The van der Waals surface area contributed by atoms with Crippen LogP contribution in [0.4, 0.5) is 0 Å². The first-order valence-electron chi connectivity index (χ1n) is 7.33. The van der Waals surface area contributed by atoms with Crippen LogP contribution in [0.5, 0.6) is 11.5 Å². The van der Waals surface area contributed by atoms with Crippen molar-refractivity contribution in [2.75, 3.05) is 19.8 Å². The molecular formula is C16H25NO3. The second kappa shape index (κ2) is 6.95. The van der Waals surface area contributed by atoms with Crippen LogP contribution in [0.1, 0.15) is 38.8 Å². The Morgan fingerprint density at radius 2 is 1.85 bits per heavy atom. The quantitative estimate of drug-likeness (QED) is 0.870. The summed E-state index contributed by atoms with van der Waals surface area (Å²) in [6.07, 6.45) is 1.28. The normalized spacial score (nSPS) is 17.1. The fourth-order valence-corrected chi connectivity index (χ4v) is 2.39. The predicted octanol–water partition coefficient (Wildman–Crippen LogP) is 2.91. The molecule has 0 fully saturated rings. The third-order valence-corrected chi connectivity index (χ3v) is 3.36. The van der Waals surface area contributed by atoms with Gasteiger partial charge in [0.1, 0.15) is 13.2 Å². The molecular weight excluding hydrogens is 254 g/mol. The first kappa shape index (κ1) is 15.1. The molecule has 2 rings (SSSR count). The third-order valence-electron chi connectivity index (χ3n) is 3.36. The van der Waals surface area contributed by atoms with Gasteiger partial charge in [-0.1, -0.05) is 19.9 Å². The molecule has 0 saturated heterocycles. The van der Waals surface area contributed by atoms with Crippen LogP contribution < -0.4 is 15.2 Å². The zero-order chi connectivity index (χ0) is 14.5. The van der Waals surface area contributed by atoms with Gasteiger partial charge in [0.15, 0.2) is 11.5 Å². The maximum absolute atomic E-state index is 6.19. The van der Waals surface area contributed by atoms with E-state index in [0.29, 0.717) is 25.7 Å². The zero-order valence-electron chi connectivity index (χ0n) is 12.6. The molecule has 0 spiro atoms. The lowest BCUT2D eigenvalue weighted by Crippen LogP contribution is -2.22. The largest absolute Gasteiger partial charge is 0.486 e. The molecule has 20 heavy (non-hydrogen) atoms. The SMILES string of the molecule is CC(C)CC(C)OCC(N)c1ccc2c(c1)OCCO2. The molecule has 1 heterocycles. The first-order valence-corrected chi connectivity index (χ1v) is 7.33. The van der Waals surface area contributed by atoms with Crippen LogP contribution in [0.15, 0.2) is 18.2 Å². The van der Waals surface area contributed by atoms with E-state index in [1.165, 1.54) is 0 Å². The van der Waals surface area contributed by atoms with Crippen molar-refractivity contribution in [3.63, 3.8) is 0 Å². The molecule has 0 aliphatic carbocycles. The minimum Gasteiger partial charge on any atom is -0.486 e. The number of ether oxygens (including phenoxy) is 3. The molecule has 0 bridgehead atoms. The minimum atomic E-state index is -0.138. The van der Waals surface area contributed by atoms with Gasteiger partial charge in [-0.2, -0.15) is 0 Å². The molecule has 1 aliphatic rings. The van der Waals surface area contributed by atoms with Gasteiger partial charge < -0.3 is 19.9 Å². The maximum atomic E-state index is 6.19. The highest BCUT2D eigenvalue weighted by Gasteiger charge is 2.15. The average Bonchev–Trinajstić information content (AvgIpc) is 2.43. The Hall–Kier alpha value is -1.26. The van der Waals surface area contributed by atoms with Crippen LogP contribution in [-0.2, 0) is 4.74 Å². The first-order chi connectivity index (χ1) is 9.56. The van der Waals surface area contributed by atoms with Gasteiger partial charge in [0.2, 0.25) is 0 Å². The number of hydrogen-bond acceptors (Lipinski definition) is 4. The van der Waals surface area contributed by atoms with Crippen molar-refractivity contribution >= 4 is 0 Å². The van der Waals surface area contributed by atoms with Gasteiger partial charge >= 0.3 is 0 Å². The lowest BCUT2D eigenvalue weighted by molar-refractivity contribution is 0.0429. The average molecular weight is 279 g/mol. The molecule has 112 valence electrons. The lowest BCUT2D eigenvalue weighted by atomic mass is 10.1. The fraction of sp³-hybridized carbons (Fsp3) is 0.625. The Morgan fingerprint density at radius 3 is 2.55 bits per heavy atom. The number of benzene rings is 1. The molecule has 0 radical (unpaired) electrons. The number of hydrogen-bond donors (Lipinski definition) is 1. The molecule has 1 aromatic carbocycles. The number of fused-ring (bicyclic) bond motifs is 1. The molecule has 2 unspecified atom stereocenters. The molecule has 1 aliphatic heterocycles. The van der Waals surface area contributed by atoms with Gasteiger partial charge in [0.05, 0.1) is 18.8 Å². The van der Waals surface area contributed by atoms with Gasteiger partial charge in [0, 0.05) is 0 Å². The summed E-state index contributed by atoms with van der Waals surface area (Å²) in [6, 6.07) is 5.71. The fourth-order valence-electron chi connectivity index (χ4n) is 2.39. The predicted molar refractivity (Wildman–Crippen MR) is 79.2 cm³/mol. The van der Waals surface area contributed by atoms with E-state index in [-0.39, 0.29) is 12.1 Å². The van der Waals surface area contributed by atoms with Crippen LogP contribution in [0.2, 0.25) is 0 Å². The Bertz CT molecular complexity index is 434. The molecule has 0 aromatic heterocycles. The molecule has 4 heteroatoms. The van der Waals surface area contributed by atoms with Crippen LogP contribution in [0.3, 0.4) is 0 Å². The summed E-state index contributed by atoms with van der Waals surface area (Å²) in [7, 11) is 0. The van der Waals surface area contributed by atoms with E-state index >= 15 is 0 Å². The van der Waals surface area contributed by atoms with Gasteiger partial charge in [-0.15, -0.1) is 0 Å². The van der Waals surface area contributed by atoms with Crippen molar-refractivity contribution < 1.29 is 14.2 Å². The summed E-state index contributed by atoms with van der Waals surface area (Å²) in [5.74, 6) is 2.20. The van der Waals surface area contributed by atoms with Gasteiger partial charge in [-0.3, -0.25) is 0 Å². The summed E-state index contributed by atoms with van der Waals surface area (Å²) in [6.45, 7) is 8.20. The Morgan fingerprint density at radius 1 is 1.15 bits per heavy atom. The van der Waals surface area contributed by atoms with E-state index in [9.17, 15) is 0 Å². The topological polar surface area (TPSA) is 53.7 Å². The van der Waals surface area contributed by atoms with Crippen molar-refractivity contribution in [1.29, 1.82) is 0 Å². The summed E-state index contributed by atoms with van der Waals surface area (Å²) in [5, 5.41) is 0. The van der Waals surface area contributed by atoms with E-state index in [1.54, 1.807) is 0 Å².